The lowest BCUT2D eigenvalue weighted by molar-refractivity contribution is 0.481. The fourth-order valence-corrected chi connectivity index (χ4v) is 2.37. The van der Waals surface area contributed by atoms with Crippen LogP contribution in [-0.2, 0) is 0 Å². The first-order chi connectivity index (χ1) is 10.1. The van der Waals surface area contributed by atoms with Crippen LogP contribution in [0, 0.1) is 13.8 Å². The molecule has 4 heteroatoms. The molecule has 0 unspecified atom stereocenters. The summed E-state index contributed by atoms with van der Waals surface area (Å²) in [5, 5.41) is 20.0. The predicted molar refractivity (Wildman–Crippen MR) is 83.5 cm³/mol. The van der Waals surface area contributed by atoms with E-state index < -0.39 is 0 Å². The summed E-state index contributed by atoms with van der Waals surface area (Å²) in [6, 6.07) is 11.3. The number of hydrogen-bond donors (Lipinski definition) is 1. The highest BCUT2D eigenvalue weighted by atomic mass is 16.3. The molecule has 3 aromatic rings. The second kappa shape index (κ2) is 5.32. The zero-order valence-electron chi connectivity index (χ0n) is 11.9. The highest BCUT2D eigenvalue weighted by Crippen LogP contribution is 2.32. The number of nitrogens with zero attached hydrogens (tertiary/aromatic N) is 3. The second-order valence-corrected chi connectivity index (χ2v) is 5.07. The maximum absolute atomic E-state index is 9.84. The van der Waals surface area contributed by atoms with Crippen LogP contribution < -0.4 is 0 Å². The molecule has 0 spiro atoms. The van der Waals surface area contributed by atoms with Crippen LogP contribution in [0.15, 0.2) is 59.0 Å². The third kappa shape index (κ3) is 2.74. The van der Waals surface area contributed by atoms with Crippen molar-refractivity contribution < 1.29 is 5.11 Å². The number of hydrogen-bond acceptors (Lipinski definition) is 4. The zero-order valence-corrected chi connectivity index (χ0v) is 11.9. The average molecular weight is 277 g/mol. The van der Waals surface area contributed by atoms with Crippen LogP contribution in [0.25, 0.3) is 10.8 Å². The van der Waals surface area contributed by atoms with Crippen molar-refractivity contribution in [1.82, 2.24) is 4.98 Å². The Morgan fingerprint density at radius 2 is 1.67 bits per heavy atom. The molecule has 0 fully saturated rings. The summed E-state index contributed by atoms with van der Waals surface area (Å²) in [5.41, 5.74) is 3.85. The Bertz CT molecular complexity index is 820. The van der Waals surface area contributed by atoms with Gasteiger partial charge in [-0.05, 0) is 55.3 Å². The van der Waals surface area contributed by atoms with E-state index >= 15 is 0 Å². The molecular weight excluding hydrogens is 262 g/mol. The first kappa shape index (κ1) is 13.2. The quantitative estimate of drug-likeness (QED) is 0.672. The molecule has 0 aliphatic carbocycles. The zero-order chi connectivity index (χ0) is 14.8. The summed E-state index contributed by atoms with van der Waals surface area (Å²) in [4.78, 5) is 4.02. The number of aryl methyl sites for hydroxylation is 2. The van der Waals surface area contributed by atoms with Crippen LogP contribution in [0.4, 0.5) is 11.4 Å². The van der Waals surface area contributed by atoms with Crippen molar-refractivity contribution in [1.29, 1.82) is 0 Å². The van der Waals surface area contributed by atoms with Crippen molar-refractivity contribution in [2.45, 2.75) is 13.8 Å². The molecule has 0 radical (unpaired) electrons. The number of azo groups is 1. The van der Waals surface area contributed by atoms with Gasteiger partial charge in [0.15, 0.2) is 0 Å². The number of pyridine rings is 1. The summed E-state index contributed by atoms with van der Waals surface area (Å²) in [6.07, 6.45) is 3.30. The Morgan fingerprint density at radius 3 is 2.43 bits per heavy atom. The molecule has 0 saturated heterocycles. The van der Waals surface area contributed by atoms with Gasteiger partial charge in [0.05, 0.1) is 11.4 Å². The monoisotopic (exact) mass is 277 g/mol. The molecule has 0 amide bonds. The van der Waals surface area contributed by atoms with Crippen LogP contribution in [0.1, 0.15) is 11.1 Å². The number of rotatable bonds is 2. The Morgan fingerprint density at radius 1 is 0.905 bits per heavy atom. The van der Waals surface area contributed by atoms with Crippen molar-refractivity contribution >= 4 is 22.1 Å². The minimum Gasteiger partial charge on any atom is -0.507 e. The summed E-state index contributed by atoms with van der Waals surface area (Å²) in [7, 11) is 0. The molecule has 3 rings (SSSR count). The van der Waals surface area contributed by atoms with Gasteiger partial charge >= 0.3 is 0 Å². The lowest BCUT2D eigenvalue weighted by Gasteiger charge is -2.03. The fourth-order valence-electron chi connectivity index (χ4n) is 2.37. The molecule has 2 aromatic carbocycles. The molecule has 0 aliphatic heterocycles. The van der Waals surface area contributed by atoms with E-state index in [2.05, 4.69) is 21.3 Å². The molecular formula is C17H15N3O. The summed E-state index contributed by atoms with van der Waals surface area (Å²) in [5.74, 6) is 0.198. The van der Waals surface area contributed by atoms with E-state index in [1.807, 2.05) is 32.0 Å². The third-order valence-electron chi connectivity index (χ3n) is 3.25. The van der Waals surface area contributed by atoms with Crippen LogP contribution >= 0.6 is 0 Å². The topological polar surface area (TPSA) is 57.8 Å². The van der Waals surface area contributed by atoms with E-state index in [-0.39, 0.29) is 5.75 Å². The third-order valence-corrected chi connectivity index (χ3v) is 3.25. The summed E-state index contributed by atoms with van der Waals surface area (Å²) >= 11 is 0. The van der Waals surface area contributed by atoms with E-state index in [1.54, 1.807) is 24.5 Å². The van der Waals surface area contributed by atoms with Gasteiger partial charge in [-0.15, -0.1) is 5.11 Å². The van der Waals surface area contributed by atoms with Gasteiger partial charge in [-0.25, -0.2) is 0 Å². The van der Waals surface area contributed by atoms with Crippen LogP contribution in [0.2, 0.25) is 0 Å². The lowest BCUT2D eigenvalue weighted by Crippen LogP contribution is -1.78. The largest absolute Gasteiger partial charge is 0.507 e. The van der Waals surface area contributed by atoms with Gasteiger partial charge in [-0.2, -0.15) is 5.11 Å². The Labute approximate surface area is 122 Å². The molecule has 0 saturated carbocycles. The average Bonchev–Trinajstić information content (AvgIpc) is 2.46. The van der Waals surface area contributed by atoms with Crippen LogP contribution in [-0.4, -0.2) is 10.1 Å². The van der Waals surface area contributed by atoms with E-state index in [1.165, 1.54) is 0 Å². The maximum atomic E-state index is 9.84. The smallest absolute Gasteiger partial charge is 0.125 e. The number of aromatic hydroxyl groups is 1. The molecule has 1 heterocycles. The highest BCUT2D eigenvalue weighted by molar-refractivity contribution is 5.95. The van der Waals surface area contributed by atoms with Crippen molar-refractivity contribution in [3.05, 3.63) is 59.9 Å². The van der Waals surface area contributed by atoms with E-state index in [9.17, 15) is 5.11 Å². The van der Waals surface area contributed by atoms with Gasteiger partial charge in [0, 0.05) is 23.2 Å². The Hall–Kier alpha value is -2.75. The van der Waals surface area contributed by atoms with Crippen molar-refractivity contribution in [2.24, 2.45) is 10.2 Å². The number of phenolic OH excluding ortho intramolecular Hbond substituents is 1. The standard InChI is InChI=1S/C17H15N3O/c1-11-7-12(2)9-13(8-11)19-20-16-3-4-17(21)15-10-18-6-5-14(15)16/h3-10,21H,1-2H3. The Balaban J connectivity index is 2.05. The second-order valence-electron chi connectivity index (χ2n) is 5.07. The molecule has 4 nitrogen and oxygen atoms in total. The molecule has 1 N–H and O–H groups in total. The molecule has 104 valence electrons. The predicted octanol–water partition coefficient (Wildman–Crippen LogP) is 4.97. The van der Waals surface area contributed by atoms with Gasteiger partial charge in [0.1, 0.15) is 5.75 Å². The molecule has 21 heavy (non-hydrogen) atoms. The van der Waals surface area contributed by atoms with Crippen molar-refractivity contribution in [3.8, 4) is 5.75 Å². The van der Waals surface area contributed by atoms with Crippen molar-refractivity contribution in [2.75, 3.05) is 0 Å². The molecule has 0 bridgehead atoms. The number of aromatic nitrogens is 1. The normalized spacial score (nSPS) is 11.3. The molecule has 1 aromatic heterocycles. The SMILES string of the molecule is Cc1cc(C)cc(N=Nc2ccc(O)c3cnccc23)c1. The van der Waals surface area contributed by atoms with E-state index in [0.717, 1.165) is 22.2 Å². The first-order valence-corrected chi connectivity index (χ1v) is 6.69. The van der Waals surface area contributed by atoms with Gasteiger partial charge in [0.25, 0.3) is 0 Å². The number of fused-ring (bicyclic) bond motifs is 1. The van der Waals surface area contributed by atoms with Gasteiger partial charge in [-0.1, -0.05) is 6.07 Å². The first-order valence-electron chi connectivity index (χ1n) is 6.69. The van der Waals surface area contributed by atoms with Gasteiger partial charge < -0.3 is 5.11 Å². The molecule has 0 atom stereocenters. The number of benzene rings is 2. The van der Waals surface area contributed by atoms with Crippen LogP contribution in [0.3, 0.4) is 0 Å². The minimum atomic E-state index is 0.198. The Kier molecular flexibility index (Phi) is 3.36. The minimum absolute atomic E-state index is 0.198. The maximum Gasteiger partial charge on any atom is 0.125 e. The lowest BCUT2D eigenvalue weighted by atomic mass is 10.1. The summed E-state index contributed by atoms with van der Waals surface area (Å²) < 4.78 is 0. The van der Waals surface area contributed by atoms with Crippen LogP contribution in [0.5, 0.6) is 5.75 Å². The van der Waals surface area contributed by atoms with E-state index in [0.29, 0.717) is 11.1 Å². The van der Waals surface area contributed by atoms with Crippen molar-refractivity contribution in [3.63, 3.8) is 0 Å². The summed E-state index contributed by atoms with van der Waals surface area (Å²) in [6.45, 7) is 4.07. The highest BCUT2D eigenvalue weighted by Gasteiger charge is 2.04. The molecule has 0 aliphatic rings. The van der Waals surface area contributed by atoms with E-state index in [4.69, 9.17) is 0 Å². The fraction of sp³-hybridized carbons (Fsp3) is 0.118. The number of phenols is 1. The van der Waals surface area contributed by atoms with Gasteiger partial charge in [-0.3, -0.25) is 4.98 Å². The van der Waals surface area contributed by atoms with Gasteiger partial charge in [0.2, 0.25) is 0 Å².